The third-order valence-electron chi connectivity index (χ3n) is 3.94. The Kier molecular flexibility index (Phi) is 5.31. The zero-order valence-electron chi connectivity index (χ0n) is 13.1. The summed E-state index contributed by atoms with van der Waals surface area (Å²) in [5.74, 6) is 1.23. The maximum Gasteiger partial charge on any atom is 0.227 e. The molecule has 1 amide bonds. The quantitative estimate of drug-likeness (QED) is 0.815. The largest absolute Gasteiger partial charge is 0.349 e. The molecule has 3 N–H and O–H groups in total. The van der Waals surface area contributed by atoms with Gasteiger partial charge in [0.25, 0.3) is 0 Å². The van der Waals surface area contributed by atoms with E-state index in [1.165, 1.54) is 0 Å². The van der Waals surface area contributed by atoms with Gasteiger partial charge in [0.15, 0.2) is 0 Å². The van der Waals surface area contributed by atoms with E-state index in [0.29, 0.717) is 31.1 Å². The fraction of sp³-hybridized carbons (Fsp3) is 0.533. The van der Waals surface area contributed by atoms with Crippen molar-refractivity contribution in [3.05, 3.63) is 22.7 Å². The Balaban J connectivity index is 1.89. The van der Waals surface area contributed by atoms with E-state index in [-0.39, 0.29) is 11.8 Å². The topological polar surface area (TPSA) is 94.0 Å². The predicted molar refractivity (Wildman–Crippen MR) is 86.4 cm³/mol. The second kappa shape index (κ2) is 7.02. The van der Waals surface area contributed by atoms with Crippen LogP contribution in [0.3, 0.4) is 0 Å². The Hall–Kier alpha value is -1.73. The summed E-state index contributed by atoms with van der Waals surface area (Å²) in [5.41, 5.74) is 6.30. The molecule has 2 heterocycles. The number of hydrogen-bond donors (Lipinski definition) is 2. The van der Waals surface area contributed by atoms with Gasteiger partial charge in [0.1, 0.15) is 0 Å². The van der Waals surface area contributed by atoms with Crippen LogP contribution in [0.1, 0.15) is 33.1 Å². The number of thiophene rings is 1. The summed E-state index contributed by atoms with van der Waals surface area (Å²) < 4.78 is 5.18. The van der Waals surface area contributed by atoms with Gasteiger partial charge in [-0.15, -0.1) is 0 Å². The Labute approximate surface area is 134 Å². The summed E-state index contributed by atoms with van der Waals surface area (Å²) in [4.78, 5) is 16.4. The van der Waals surface area contributed by atoms with Crippen molar-refractivity contribution in [1.82, 2.24) is 15.5 Å². The lowest BCUT2D eigenvalue weighted by molar-refractivity contribution is -0.123. The van der Waals surface area contributed by atoms with Gasteiger partial charge in [-0.3, -0.25) is 4.79 Å². The Morgan fingerprint density at radius 1 is 1.55 bits per heavy atom. The first-order valence-electron chi connectivity index (χ1n) is 7.31. The molecule has 1 unspecified atom stereocenters. The summed E-state index contributed by atoms with van der Waals surface area (Å²) in [5, 5.41) is 10.8. The van der Waals surface area contributed by atoms with Crippen LogP contribution in [0.5, 0.6) is 0 Å². The van der Waals surface area contributed by atoms with Gasteiger partial charge in [0.2, 0.25) is 17.6 Å². The van der Waals surface area contributed by atoms with Crippen LogP contribution in [0.25, 0.3) is 11.4 Å². The third kappa shape index (κ3) is 3.92. The fourth-order valence-electron chi connectivity index (χ4n) is 1.90. The van der Waals surface area contributed by atoms with Crippen LogP contribution in [0, 0.1) is 5.92 Å². The molecule has 6 nitrogen and oxygen atoms in total. The highest BCUT2D eigenvalue weighted by molar-refractivity contribution is 7.08. The highest BCUT2D eigenvalue weighted by atomic mass is 32.1. The number of amides is 1. The molecular formula is C15H22N4O2S. The zero-order chi connectivity index (χ0) is 16.2. The van der Waals surface area contributed by atoms with Gasteiger partial charge in [0, 0.05) is 30.3 Å². The smallest absolute Gasteiger partial charge is 0.227 e. The van der Waals surface area contributed by atoms with E-state index in [9.17, 15) is 4.79 Å². The first kappa shape index (κ1) is 16.6. The molecule has 2 rings (SSSR count). The summed E-state index contributed by atoms with van der Waals surface area (Å²) in [6.07, 6.45) is 0.718. The lowest BCUT2D eigenvalue weighted by Gasteiger charge is -2.33. The summed E-state index contributed by atoms with van der Waals surface area (Å²) >= 11 is 1.58. The molecule has 0 spiro atoms. The molecule has 0 aromatic carbocycles. The van der Waals surface area contributed by atoms with Crippen molar-refractivity contribution < 1.29 is 9.32 Å². The molecule has 0 saturated heterocycles. The second-order valence-electron chi connectivity index (χ2n) is 5.85. The van der Waals surface area contributed by atoms with Crippen molar-refractivity contribution in [2.45, 2.75) is 39.2 Å². The highest BCUT2D eigenvalue weighted by Crippen LogP contribution is 2.19. The standard InChI is InChI=1S/C15H22N4O2S/c1-10(2)15(3,9-16)18-12(20)4-5-13-17-14(19-21-13)11-6-7-22-8-11/h6-8,10H,4-5,9,16H2,1-3H3,(H,18,20). The number of carbonyl (C=O) groups excluding carboxylic acids is 1. The SMILES string of the molecule is CC(C)C(C)(CN)NC(=O)CCc1nc(-c2ccsc2)no1. The van der Waals surface area contributed by atoms with E-state index in [0.717, 1.165) is 5.56 Å². The molecular weight excluding hydrogens is 300 g/mol. The summed E-state index contributed by atoms with van der Waals surface area (Å²) in [6.45, 7) is 6.44. The van der Waals surface area contributed by atoms with Gasteiger partial charge in [-0.2, -0.15) is 16.3 Å². The average Bonchev–Trinajstić information content (AvgIpc) is 3.15. The minimum atomic E-state index is -0.395. The van der Waals surface area contributed by atoms with E-state index in [2.05, 4.69) is 15.5 Å². The zero-order valence-corrected chi connectivity index (χ0v) is 13.9. The van der Waals surface area contributed by atoms with Crippen LogP contribution in [-0.4, -0.2) is 28.1 Å². The van der Waals surface area contributed by atoms with Gasteiger partial charge in [-0.1, -0.05) is 19.0 Å². The number of hydrogen-bond acceptors (Lipinski definition) is 6. The first-order valence-corrected chi connectivity index (χ1v) is 8.25. The molecule has 22 heavy (non-hydrogen) atoms. The molecule has 0 saturated carbocycles. The molecule has 2 aromatic rings. The van der Waals surface area contributed by atoms with Crippen molar-refractivity contribution in [1.29, 1.82) is 0 Å². The number of nitrogens with two attached hydrogens (primary N) is 1. The van der Waals surface area contributed by atoms with Crippen molar-refractivity contribution in [2.24, 2.45) is 11.7 Å². The Morgan fingerprint density at radius 3 is 2.91 bits per heavy atom. The first-order chi connectivity index (χ1) is 10.4. The van der Waals surface area contributed by atoms with Crippen molar-refractivity contribution >= 4 is 17.2 Å². The number of nitrogens with zero attached hydrogens (tertiary/aromatic N) is 2. The van der Waals surface area contributed by atoms with Gasteiger partial charge in [-0.05, 0) is 24.3 Å². The molecule has 120 valence electrons. The molecule has 0 aliphatic heterocycles. The Bertz CT molecular complexity index is 609. The van der Waals surface area contributed by atoms with Crippen LogP contribution in [0.2, 0.25) is 0 Å². The predicted octanol–water partition coefficient (Wildman–Crippen LogP) is 2.22. The van der Waals surface area contributed by atoms with Crippen LogP contribution in [0.15, 0.2) is 21.3 Å². The average molecular weight is 322 g/mol. The van der Waals surface area contributed by atoms with Crippen LogP contribution in [-0.2, 0) is 11.2 Å². The van der Waals surface area contributed by atoms with Gasteiger partial charge < -0.3 is 15.6 Å². The van der Waals surface area contributed by atoms with Crippen molar-refractivity contribution in [3.8, 4) is 11.4 Å². The number of carbonyl (C=O) groups is 1. The maximum absolute atomic E-state index is 12.1. The van der Waals surface area contributed by atoms with Crippen LogP contribution >= 0.6 is 11.3 Å². The van der Waals surface area contributed by atoms with Gasteiger partial charge in [0.05, 0.1) is 5.54 Å². The van der Waals surface area contributed by atoms with Crippen LogP contribution in [0.4, 0.5) is 0 Å². The lowest BCUT2D eigenvalue weighted by atomic mass is 9.88. The van der Waals surface area contributed by atoms with Gasteiger partial charge in [-0.25, -0.2) is 0 Å². The Morgan fingerprint density at radius 2 is 2.32 bits per heavy atom. The van der Waals surface area contributed by atoms with Crippen molar-refractivity contribution in [2.75, 3.05) is 6.54 Å². The molecule has 7 heteroatoms. The molecule has 0 bridgehead atoms. The minimum absolute atomic E-state index is 0.0584. The molecule has 1 atom stereocenters. The van der Waals surface area contributed by atoms with E-state index in [1.807, 2.05) is 37.6 Å². The third-order valence-corrected chi connectivity index (χ3v) is 4.62. The molecule has 0 fully saturated rings. The van der Waals surface area contributed by atoms with Gasteiger partial charge >= 0.3 is 0 Å². The minimum Gasteiger partial charge on any atom is -0.349 e. The molecule has 0 aliphatic carbocycles. The summed E-state index contributed by atoms with van der Waals surface area (Å²) in [6, 6.07) is 1.93. The second-order valence-corrected chi connectivity index (χ2v) is 6.63. The number of aryl methyl sites for hydroxylation is 1. The van der Waals surface area contributed by atoms with E-state index in [4.69, 9.17) is 10.3 Å². The maximum atomic E-state index is 12.1. The monoisotopic (exact) mass is 322 g/mol. The number of rotatable bonds is 7. The molecule has 0 radical (unpaired) electrons. The molecule has 0 aliphatic rings. The fourth-order valence-corrected chi connectivity index (χ4v) is 2.53. The summed E-state index contributed by atoms with van der Waals surface area (Å²) in [7, 11) is 0. The van der Waals surface area contributed by atoms with E-state index < -0.39 is 5.54 Å². The van der Waals surface area contributed by atoms with Crippen LogP contribution < -0.4 is 11.1 Å². The van der Waals surface area contributed by atoms with E-state index >= 15 is 0 Å². The number of nitrogens with one attached hydrogen (secondary N) is 1. The normalized spacial score (nSPS) is 14.0. The van der Waals surface area contributed by atoms with Crippen molar-refractivity contribution in [3.63, 3.8) is 0 Å². The lowest BCUT2D eigenvalue weighted by Crippen LogP contribution is -2.55. The van der Waals surface area contributed by atoms with E-state index in [1.54, 1.807) is 11.3 Å². The highest BCUT2D eigenvalue weighted by Gasteiger charge is 2.28. The number of aromatic nitrogens is 2. The molecule has 2 aromatic heterocycles.